The van der Waals surface area contributed by atoms with Crippen LogP contribution in [-0.4, -0.2) is 32.9 Å². The molecule has 2 aliphatic carbocycles. The molecule has 0 radical (unpaired) electrons. The molecule has 5 rings (SSSR count). The molecule has 1 saturated carbocycles. The van der Waals surface area contributed by atoms with Crippen molar-refractivity contribution in [1.82, 2.24) is 15.0 Å². The van der Waals surface area contributed by atoms with E-state index in [-0.39, 0.29) is 46.8 Å². The summed E-state index contributed by atoms with van der Waals surface area (Å²) >= 11 is 1.54. The van der Waals surface area contributed by atoms with Gasteiger partial charge in [-0.15, -0.1) is 11.3 Å². The van der Waals surface area contributed by atoms with Crippen molar-refractivity contribution in [3.8, 4) is 0 Å². The Bertz CT molecular complexity index is 978. The summed E-state index contributed by atoms with van der Waals surface area (Å²) in [4.78, 5) is 38.7. The largest absolute Gasteiger partial charge is 0.461 e. The van der Waals surface area contributed by atoms with Gasteiger partial charge in [-0.05, 0) is 24.7 Å². The number of carbonyl (C=O) groups excluding carboxylic acids is 2. The molecule has 0 unspecified atom stereocenters. The molecule has 8 heteroatoms. The number of nitrogens with zero attached hydrogens (tertiary/aromatic N) is 3. The van der Waals surface area contributed by atoms with Gasteiger partial charge in [0, 0.05) is 35.0 Å². The first-order valence-electron chi connectivity index (χ1n) is 10.1. The van der Waals surface area contributed by atoms with Crippen molar-refractivity contribution in [3.05, 3.63) is 34.9 Å². The van der Waals surface area contributed by atoms with Crippen molar-refractivity contribution >= 4 is 28.3 Å². The molecule has 0 bridgehead atoms. The summed E-state index contributed by atoms with van der Waals surface area (Å²) in [7, 11) is 0. The van der Waals surface area contributed by atoms with Crippen LogP contribution in [0.4, 0.5) is 5.13 Å². The Morgan fingerprint density at radius 3 is 2.90 bits per heavy atom. The monoisotopic (exact) mass is 412 g/mol. The topological polar surface area (TPSA) is 94.1 Å². The highest BCUT2D eigenvalue weighted by atomic mass is 32.1. The number of fused-ring (bicyclic) bond motifs is 4. The molecule has 2 aromatic rings. The van der Waals surface area contributed by atoms with Crippen molar-refractivity contribution < 1.29 is 14.3 Å². The van der Waals surface area contributed by atoms with Crippen LogP contribution in [0.2, 0.25) is 0 Å². The molecule has 2 fully saturated rings. The van der Waals surface area contributed by atoms with Gasteiger partial charge in [0.2, 0.25) is 0 Å². The van der Waals surface area contributed by atoms with Crippen molar-refractivity contribution in [3.63, 3.8) is 0 Å². The van der Waals surface area contributed by atoms with Crippen LogP contribution in [0.25, 0.3) is 0 Å². The molecule has 0 spiro atoms. The van der Waals surface area contributed by atoms with Crippen molar-refractivity contribution in [2.45, 2.75) is 52.1 Å². The Kier molecular flexibility index (Phi) is 4.24. The summed E-state index contributed by atoms with van der Waals surface area (Å²) in [6.07, 6.45) is 7.47. The minimum atomic E-state index is -0.306. The number of ether oxygens (including phenoxy) is 1. The zero-order valence-electron chi connectivity index (χ0n) is 16.7. The van der Waals surface area contributed by atoms with Crippen LogP contribution < -0.4 is 5.32 Å². The second-order valence-electron chi connectivity index (χ2n) is 8.91. The van der Waals surface area contributed by atoms with Crippen molar-refractivity contribution in [2.75, 3.05) is 5.32 Å². The third kappa shape index (κ3) is 2.87. The number of hydrogen-bond donors (Lipinski definition) is 1. The van der Waals surface area contributed by atoms with Gasteiger partial charge in [-0.25, -0.2) is 9.97 Å². The van der Waals surface area contributed by atoms with Gasteiger partial charge in [0.1, 0.15) is 11.8 Å². The predicted octanol–water partition coefficient (Wildman–Crippen LogP) is 3.44. The van der Waals surface area contributed by atoms with Crippen LogP contribution in [0.5, 0.6) is 0 Å². The van der Waals surface area contributed by atoms with E-state index < -0.39 is 0 Å². The maximum absolute atomic E-state index is 12.4. The number of aromatic nitrogens is 3. The molecular weight excluding hydrogens is 388 g/mol. The van der Waals surface area contributed by atoms with Gasteiger partial charge in [-0.3, -0.25) is 19.9 Å². The predicted molar refractivity (Wildman–Crippen MR) is 108 cm³/mol. The van der Waals surface area contributed by atoms with Gasteiger partial charge in [-0.1, -0.05) is 20.8 Å². The summed E-state index contributed by atoms with van der Waals surface area (Å²) < 4.78 is 5.88. The highest BCUT2D eigenvalue weighted by molar-refractivity contribution is 7.15. The van der Waals surface area contributed by atoms with Crippen LogP contribution in [0.1, 0.15) is 60.6 Å². The number of amides is 1. The summed E-state index contributed by atoms with van der Waals surface area (Å²) in [5.74, 6) is 0.354. The zero-order valence-corrected chi connectivity index (χ0v) is 17.5. The van der Waals surface area contributed by atoms with E-state index in [2.05, 4.69) is 29.1 Å². The third-order valence-corrected chi connectivity index (χ3v) is 8.16. The molecule has 6 atom stereocenters. The van der Waals surface area contributed by atoms with Crippen LogP contribution in [0.3, 0.4) is 0 Å². The van der Waals surface area contributed by atoms with Crippen LogP contribution in [0, 0.1) is 23.2 Å². The average Bonchev–Trinajstić information content (AvgIpc) is 3.22. The Balaban J connectivity index is 1.44. The molecule has 152 valence electrons. The molecule has 1 N–H and O–H groups in total. The fourth-order valence-corrected chi connectivity index (χ4v) is 6.97. The lowest BCUT2D eigenvalue weighted by molar-refractivity contribution is -0.149. The van der Waals surface area contributed by atoms with E-state index in [4.69, 9.17) is 9.72 Å². The first-order valence-corrected chi connectivity index (χ1v) is 11.0. The number of carbonyl (C=O) groups is 2. The first kappa shape index (κ1) is 18.7. The summed E-state index contributed by atoms with van der Waals surface area (Å²) in [6, 6.07) is 0. The van der Waals surface area contributed by atoms with Gasteiger partial charge in [0.15, 0.2) is 5.13 Å². The standard InChI is InChI=1S/C21H24N4O3S/c1-10-12-4-5-21(3)8-14-16(11(2)15(21)17(12)28-19(10)27)24-20(29-14)25-18(26)13-9-22-6-7-23-13/h6-7,9-12,15,17H,4-5,8H2,1-3H3,(H,24,25,26)/t10-,11-,12-,15+,17-,21-/m0/s1. The normalized spacial score (nSPS) is 35.3. The minimum absolute atomic E-state index is 0.0181. The quantitative estimate of drug-likeness (QED) is 0.760. The maximum atomic E-state index is 12.4. The van der Waals surface area contributed by atoms with Gasteiger partial charge in [-0.2, -0.15) is 0 Å². The molecule has 1 aliphatic heterocycles. The van der Waals surface area contributed by atoms with Crippen molar-refractivity contribution in [2.24, 2.45) is 23.2 Å². The zero-order chi connectivity index (χ0) is 20.3. The molecule has 29 heavy (non-hydrogen) atoms. The van der Waals surface area contributed by atoms with Crippen LogP contribution in [-0.2, 0) is 16.0 Å². The van der Waals surface area contributed by atoms with Crippen molar-refractivity contribution in [1.29, 1.82) is 0 Å². The van der Waals surface area contributed by atoms with E-state index in [1.54, 1.807) is 11.3 Å². The lowest BCUT2D eigenvalue weighted by Crippen LogP contribution is -2.50. The highest BCUT2D eigenvalue weighted by Crippen LogP contribution is 2.59. The fraction of sp³-hybridized carbons (Fsp3) is 0.571. The molecule has 3 heterocycles. The van der Waals surface area contributed by atoms with E-state index in [9.17, 15) is 9.59 Å². The Labute approximate surface area is 173 Å². The Morgan fingerprint density at radius 2 is 2.14 bits per heavy atom. The number of hydrogen-bond acceptors (Lipinski definition) is 7. The van der Waals surface area contributed by atoms with Gasteiger partial charge >= 0.3 is 5.97 Å². The minimum Gasteiger partial charge on any atom is -0.461 e. The number of rotatable bonds is 2. The van der Waals surface area contributed by atoms with E-state index in [0.29, 0.717) is 11.0 Å². The smallest absolute Gasteiger partial charge is 0.309 e. The average molecular weight is 413 g/mol. The molecular formula is C21H24N4O3S. The van der Waals surface area contributed by atoms with Crippen LogP contribution >= 0.6 is 11.3 Å². The van der Waals surface area contributed by atoms with Gasteiger partial charge in [0.05, 0.1) is 17.8 Å². The van der Waals surface area contributed by atoms with E-state index >= 15 is 0 Å². The molecule has 1 amide bonds. The summed E-state index contributed by atoms with van der Waals surface area (Å²) in [5, 5.41) is 3.46. The van der Waals surface area contributed by atoms with Gasteiger partial charge < -0.3 is 4.74 Å². The second kappa shape index (κ2) is 6.58. The third-order valence-electron chi connectivity index (χ3n) is 7.17. The maximum Gasteiger partial charge on any atom is 0.309 e. The van der Waals surface area contributed by atoms with Gasteiger partial charge in [0.25, 0.3) is 5.91 Å². The molecule has 3 aliphatic rings. The van der Waals surface area contributed by atoms with E-state index in [1.165, 1.54) is 23.5 Å². The Morgan fingerprint density at radius 1 is 1.31 bits per heavy atom. The van der Waals surface area contributed by atoms with E-state index in [1.807, 2.05) is 6.92 Å². The highest BCUT2D eigenvalue weighted by Gasteiger charge is 2.58. The molecule has 2 aromatic heterocycles. The number of nitrogens with one attached hydrogen (secondary N) is 1. The first-order chi connectivity index (χ1) is 13.9. The number of thiazole rings is 1. The molecule has 7 nitrogen and oxygen atoms in total. The lowest BCUT2D eigenvalue weighted by Gasteiger charge is -2.51. The fourth-order valence-electron chi connectivity index (χ4n) is 5.71. The Hall–Kier alpha value is -2.35. The summed E-state index contributed by atoms with van der Waals surface area (Å²) in [6.45, 7) is 6.51. The lowest BCUT2D eigenvalue weighted by atomic mass is 9.54. The molecule has 0 aromatic carbocycles. The summed E-state index contributed by atoms with van der Waals surface area (Å²) in [5.41, 5.74) is 1.38. The second-order valence-corrected chi connectivity index (χ2v) is 9.99. The number of esters is 1. The number of anilines is 1. The molecule has 1 saturated heterocycles. The SMILES string of the molecule is C[C@@H]1C(=O)O[C@H]2[C@H]1CC[C@@]1(C)Cc3sc(NC(=O)c4cnccn4)nc3[C@@H](C)[C@H]21. The van der Waals surface area contributed by atoms with Crippen LogP contribution in [0.15, 0.2) is 18.6 Å². The van der Waals surface area contributed by atoms with E-state index in [0.717, 1.165) is 25.0 Å².